The second-order valence-electron chi connectivity index (χ2n) is 4.44. The molecule has 0 aliphatic carbocycles. The largest absolute Gasteiger partial charge is 0.311 e. The molecule has 0 aliphatic rings. The average Bonchev–Trinajstić information content (AvgIpc) is 2.25. The summed E-state index contributed by atoms with van der Waals surface area (Å²) in [6, 6.07) is 2.02. The van der Waals surface area contributed by atoms with E-state index in [4.69, 9.17) is 0 Å². The van der Waals surface area contributed by atoms with E-state index in [2.05, 4.69) is 19.2 Å². The molecule has 5 heteroatoms. The zero-order valence-corrected chi connectivity index (χ0v) is 10.9. The number of thioether (sulfide) groups is 1. The van der Waals surface area contributed by atoms with Gasteiger partial charge in [0.1, 0.15) is 0 Å². The molecule has 17 heavy (non-hydrogen) atoms. The molecule has 0 unspecified atom stereocenters. The molecule has 0 saturated heterocycles. The molecule has 0 radical (unpaired) electrons. The van der Waals surface area contributed by atoms with Crippen molar-refractivity contribution >= 4 is 11.8 Å². The Labute approximate surface area is 104 Å². The zero-order chi connectivity index (χ0) is 13.1. The summed E-state index contributed by atoms with van der Waals surface area (Å²) in [4.78, 5) is 0. The number of hydrogen-bond acceptors (Lipinski definition) is 2. The van der Waals surface area contributed by atoms with Crippen LogP contribution in [0.25, 0.3) is 0 Å². The van der Waals surface area contributed by atoms with Gasteiger partial charge in [0.25, 0.3) is 0 Å². The van der Waals surface area contributed by atoms with Gasteiger partial charge in [-0.05, 0) is 37.8 Å². The van der Waals surface area contributed by atoms with Gasteiger partial charge in [0, 0.05) is 17.8 Å². The summed E-state index contributed by atoms with van der Waals surface area (Å²) in [5.41, 5.74) is 0.401. The van der Waals surface area contributed by atoms with E-state index in [-0.39, 0.29) is 4.75 Å². The molecular weight excluding hydrogens is 247 g/mol. The maximum Gasteiger partial charge on any atom is 0.194 e. The Morgan fingerprint density at radius 3 is 2.18 bits per heavy atom. The third kappa shape index (κ3) is 4.24. The molecule has 1 aromatic rings. The fourth-order valence-corrected chi connectivity index (χ4v) is 1.54. The van der Waals surface area contributed by atoms with E-state index in [1.807, 2.05) is 6.26 Å². The average molecular weight is 263 g/mol. The van der Waals surface area contributed by atoms with Gasteiger partial charge in [0.15, 0.2) is 17.5 Å². The smallest absolute Gasteiger partial charge is 0.194 e. The van der Waals surface area contributed by atoms with Crippen molar-refractivity contribution in [3.05, 3.63) is 35.1 Å². The van der Waals surface area contributed by atoms with Crippen LogP contribution in [0.1, 0.15) is 19.4 Å². The number of hydrogen-bond donors (Lipinski definition) is 1. The number of halogens is 3. The minimum Gasteiger partial charge on any atom is -0.311 e. The first-order valence-electron chi connectivity index (χ1n) is 5.25. The van der Waals surface area contributed by atoms with Crippen LogP contribution in [0.2, 0.25) is 0 Å². The van der Waals surface area contributed by atoms with E-state index in [9.17, 15) is 13.2 Å². The summed E-state index contributed by atoms with van der Waals surface area (Å²) in [5.74, 6) is -3.71. The van der Waals surface area contributed by atoms with Crippen LogP contribution in [0.3, 0.4) is 0 Å². The van der Waals surface area contributed by atoms with Gasteiger partial charge in [0.05, 0.1) is 0 Å². The fourth-order valence-electron chi connectivity index (χ4n) is 1.29. The molecular formula is C12H16F3NS. The molecule has 0 amide bonds. The predicted molar refractivity (Wildman–Crippen MR) is 65.6 cm³/mol. The highest BCUT2D eigenvalue weighted by Gasteiger charge is 2.15. The lowest BCUT2D eigenvalue weighted by atomic mass is 10.1. The van der Waals surface area contributed by atoms with Gasteiger partial charge in [-0.3, -0.25) is 0 Å². The second-order valence-corrected chi connectivity index (χ2v) is 5.95. The van der Waals surface area contributed by atoms with E-state index in [0.29, 0.717) is 18.7 Å². The number of benzene rings is 1. The Morgan fingerprint density at radius 1 is 1.18 bits per heavy atom. The lowest BCUT2D eigenvalue weighted by Crippen LogP contribution is -2.31. The first kappa shape index (κ1) is 14.4. The summed E-state index contributed by atoms with van der Waals surface area (Å²) in [5, 5.41) is 3.09. The van der Waals surface area contributed by atoms with Crippen LogP contribution in [0, 0.1) is 17.5 Å². The van der Waals surface area contributed by atoms with Crippen LogP contribution in [0.15, 0.2) is 12.1 Å². The lowest BCUT2D eigenvalue weighted by molar-refractivity contribution is 0.444. The minimum absolute atomic E-state index is 0.0527. The lowest BCUT2D eigenvalue weighted by Gasteiger charge is -2.22. The molecule has 96 valence electrons. The molecule has 1 nitrogen and oxygen atoms in total. The molecule has 1 aromatic carbocycles. The monoisotopic (exact) mass is 263 g/mol. The fraction of sp³-hybridized carbons (Fsp3) is 0.500. The van der Waals surface area contributed by atoms with Crippen LogP contribution in [-0.2, 0) is 6.54 Å². The molecule has 0 aliphatic heterocycles. The molecule has 0 bridgehead atoms. The van der Waals surface area contributed by atoms with Gasteiger partial charge in [0.2, 0.25) is 0 Å². The Morgan fingerprint density at radius 2 is 1.71 bits per heavy atom. The van der Waals surface area contributed by atoms with Crippen LogP contribution < -0.4 is 5.32 Å². The molecule has 0 spiro atoms. The molecule has 0 fully saturated rings. The molecule has 0 heterocycles. The number of rotatable bonds is 5. The van der Waals surface area contributed by atoms with Crippen molar-refractivity contribution in [1.29, 1.82) is 0 Å². The maximum absolute atomic E-state index is 12.9. The Kier molecular flexibility index (Phi) is 4.89. The summed E-state index contributed by atoms with van der Waals surface area (Å²) in [6.45, 7) is 5.15. The standard InChI is InChI=1S/C12H16F3NS/c1-12(2,17-3)7-16-6-8-4-9(13)11(15)10(14)5-8/h4-5,16H,6-7H2,1-3H3. The molecule has 1 N–H and O–H groups in total. The van der Waals surface area contributed by atoms with Gasteiger partial charge in [-0.1, -0.05) is 0 Å². The van der Waals surface area contributed by atoms with E-state index in [0.717, 1.165) is 12.1 Å². The van der Waals surface area contributed by atoms with Crippen molar-refractivity contribution in [1.82, 2.24) is 5.32 Å². The zero-order valence-electron chi connectivity index (χ0n) is 10.1. The Hall–Kier alpha value is -0.680. The van der Waals surface area contributed by atoms with Gasteiger partial charge < -0.3 is 5.32 Å². The number of nitrogens with one attached hydrogen (secondary N) is 1. The SMILES string of the molecule is CSC(C)(C)CNCc1cc(F)c(F)c(F)c1. The van der Waals surface area contributed by atoms with Crippen molar-refractivity contribution < 1.29 is 13.2 Å². The minimum atomic E-state index is -1.42. The van der Waals surface area contributed by atoms with Gasteiger partial charge in [-0.15, -0.1) is 0 Å². The summed E-state index contributed by atoms with van der Waals surface area (Å²) in [7, 11) is 0. The van der Waals surface area contributed by atoms with E-state index < -0.39 is 17.5 Å². The van der Waals surface area contributed by atoms with E-state index >= 15 is 0 Å². The Bertz CT molecular complexity index is 370. The molecule has 0 saturated carbocycles. The third-order valence-electron chi connectivity index (χ3n) is 2.48. The van der Waals surface area contributed by atoms with Crippen molar-refractivity contribution in [3.8, 4) is 0 Å². The van der Waals surface area contributed by atoms with Crippen LogP contribution >= 0.6 is 11.8 Å². The highest BCUT2D eigenvalue weighted by molar-refractivity contribution is 7.99. The van der Waals surface area contributed by atoms with Gasteiger partial charge >= 0.3 is 0 Å². The third-order valence-corrected chi connectivity index (χ3v) is 3.73. The molecule has 0 aromatic heterocycles. The van der Waals surface area contributed by atoms with Gasteiger partial charge in [-0.25, -0.2) is 13.2 Å². The maximum atomic E-state index is 12.9. The molecule has 0 atom stereocenters. The van der Waals surface area contributed by atoms with Gasteiger partial charge in [-0.2, -0.15) is 11.8 Å². The summed E-state index contributed by atoms with van der Waals surface area (Å²) < 4.78 is 38.6. The second kappa shape index (κ2) is 5.78. The highest BCUT2D eigenvalue weighted by atomic mass is 32.2. The Balaban J connectivity index is 2.59. The first-order valence-corrected chi connectivity index (χ1v) is 6.47. The van der Waals surface area contributed by atoms with Crippen molar-refractivity contribution in [2.75, 3.05) is 12.8 Å². The highest BCUT2D eigenvalue weighted by Crippen LogP contribution is 2.20. The summed E-state index contributed by atoms with van der Waals surface area (Å²) >= 11 is 1.70. The van der Waals surface area contributed by atoms with E-state index in [1.165, 1.54) is 0 Å². The normalized spacial score (nSPS) is 11.9. The van der Waals surface area contributed by atoms with Crippen molar-refractivity contribution in [2.24, 2.45) is 0 Å². The predicted octanol–water partition coefficient (Wildman–Crippen LogP) is 3.34. The van der Waals surface area contributed by atoms with Crippen LogP contribution in [0.5, 0.6) is 0 Å². The van der Waals surface area contributed by atoms with Crippen LogP contribution in [-0.4, -0.2) is 17.5 Å². The van der Waals surface area contributed by atoms with Crippen LogP contribution in [0.4, 0.5) is 13.2 Å². The van der Waals surface area contributed by atoms with E-state index in [1.54, 1.807) is 11.8 Å². The first-order chi connectivity index (χ1) is 7.85. The van der Waals surface area contributed by atoms with Crippen molar-refractivity contribution in [3.63, 3.8) is 0 Å². The van der Waals surface area contributed by atoms with Crippen molar-refractivity contribution in [2.45, 2.75) is 25.1 Å². The molecule has 1 rings (SSSR count). The topological polar surface area (TPSA) is 12.0 Å². The quantitative estimate of drug-likeness (QED) is 0.818. The summed E-state index contributed by atoms with van der Waals surface area (Å²) in [6.07, 6.45) is 2.00.